The molecule has 0 aliphatic carbocycles. The van der Waals surface area contributed by atoms with Gasteiger partial charge in [0, 0.05) is 36.7 Å². The smallest absolute Gasteiger partial charge is 0.301 e. The monoisotopic (exact) mass is 355 g/mol. The van der Waals surface area contributed by atoms with Gasteiger partial charge in [0.15, 0.2) is 5.82 Å². The summed E-state index contributed by atoms with van der Waals surface area (Å²) in [5, 5.41) is 3.01. The van der Waals surface area contributed by atoms with Crippen LogP contribution in [0.2, 0.25) is 0 Å². The lowest BCUT2D eigenvalue weighted by molar-refractivity contribution is 0.362. The molecule has 19 heavy (non-hydrogen) atoms. The molecule has 0 spiro atoms. The molecule has 0 aromatic heterocycles. The molecule has 0 bridgehead atoms. The quantitative estimate of drug-likeness (QED) is 0.858. The maximum Gasteiger partial charge on any atom is 0.301 e. The molecule has 0 amide bonds. The van der Waals surface area contributed by atoms with Crippen LogP contribution in [0.25, 0.3) is 0 Å². The van der Waals surface area contributed by atoms with Gasteiger partial charge in [0.05, 0.1) is 5.69 Å². The molecule has 0 unspecified atom stereocenters. The molecule has 2 N–H and O–H groups in total. The van der Waals surface area contributed by atoms with Gasteiger partial charge in [0.2, 0.25) is 0 Å². The normalized spacial score (nSPS) is 17.4. The summed E-state index contributed by atoms with van der Waals surface area (Å²) in [6.45, 7) is 1.67. The molecule has 1 fully saturated rings. The SMILES string of the molecule is O=S(=O)(Nc1c(F)cc(F)cc1Br)N1CCNCC1. The maximum absolute atomic E-state index is 13.6. The van der Waals surface area contributed by atoms with Gasteiger partial charge in [-0.2, -0.15) is 12.7 Å². The summed E-state index contributed by atoms with van der Waals surface area (Å²) in [6, 6.07) is 1.62. The van der Waals surface area contributed by atoms with Crippen molar-refractivity contribution in [3.63, 3.8) is 0 Å². The highest BCUT2D eigenvalue weighted by Crippen LogP contribution is 2.28. The van der Waals surface area contributed by atoms with Crippen molar-refractivity contribution in [3.05, 3.63) is 28.2 Å². The van der Waals surface area contributed by atoms with E-state index in [9.17, 15) is 17.2 Å². The largest absolute Gasteiger partial charge is 0.314 e. The molecule has 0 atom stereocenters. The topological polar surface area (TPSA) is 61.4 Å². The fourth-order valence-electron chi connectivity index (χ4n) is 1.72. The first kappa shape index (κ1) is 14.6. The third kappa shape index (κ3) is 3.41. The van der Waals surface area contributed by atoms with Crippen molar-refractivity contribution in [2.45, 2.75) is 0 Å². The maximum atomic E-state index is 13.6. The summed E-state index contributed by atoms with van der Waals surface area (Å²) in [4.78, 5) is 0. The number of hydrogen-bond acceptors (Lipinski definition) is 3. The summed E-state index contributed by atoms with van der Waals surface area (Å²) in [5.74, 6) is -1.75. The number of hydrogen-bond donors (Lipinski definition) is 2. The second-order valence-corrected chi connectivity index (χ2v) is 6.53. The zero-order chi connectivity index (χ0) is 14.0. The minimum Gasteiger partial charge on any atom is -0.314 e. The summed E-state index contributed by atoms with van der Waals surface area (Å²) in [6.07, 6.45) is 0. The van der Waals surface area contributed by atoms with Crippen molar-refractivity contribution < 1.29 is 17.2 Å². The van der Waals surface area contributed by atoms with Gasteiger partial charge < -0.3 is 5.32 Å². The van der Waals surface area contributed by atoms with Crippen LogP contribution in [0.3, 0.4) is 0 Å². The van der Waals surface area contributed by atoms with Crippen molar-refractivity contribution in [2.75, 3.05) is 30.9 Å². The lowest BCUT2D eigenvalue weighted by Crippen LogP contribution is -2.48. The zero-order valence-electron chi connectivity index (χ0n) is 9.79. The van der Waals surface area contributed by atoms with E-state index in [1.54, 1.807) is 0 Å². The van der Waals surface area contributed by atoms with Gasteiger partial charge in [-0.25, -0.2) is 8.78 Å². The molecule has 5 nitrogen and oxygen atoms in total. The Balaban J connectivity index is 2.25. The molecule has 2 rings (SSSR count). The first-order valence-electron chi connectivity index (χ1n) is 5.53. The van der Waals surface area contributed by atoms with E-state index in [2.05, 4.69) is 26.0 Å². The van der Waals surface area contributed by atoms with Crippen LogP contribution in [0.4, 0.5) is 14.5 Å². The average molecular weight is 356 g/mol. The zero-order valence-corrected chi connectivity index (χ0v) is 12.2. The highest BCUT2D eigenvalue weighted by molar-refractivity contribution is 9.10. The Bertz CT molecular complexity index is 553. The highest BCUT2D eigenvalue weighted by Gasteiger charge is 2.25. The molecule has 1 aromatic rings. The minimum absolute atomic E-state index is 0.0173. The molecule has 1 aliphatic rings. The molecule has 1 heterocycles. The van der Waals surface area contributed by atoms with Crippen LogP contribution in [0.5, 0.6) is 0 Å². The third-order valence-electron chi connectivity index (χ3n) is 2.65. The van der Waals surface area contributed by atoms with Crippen LogP contribution >= 0.6 is 15.9 Å². The Morgan fingerprint density at radius 3 is 2.47 bits per heavy atom. The molecule has 1 aliphatic heterocycles. The molecule has 1 aromatic carbocycles. The third-order valence-corrected chi connectivity index (χ3v) is 4.79. The van der Waals surface area contributed by atoms with Gasteiger partial charge in [0.25, 0.3) is 0 Å². The number of halogens is 3. The van der Waals surface area contributed by atoms with E-state index in [4.69, 9.17) is 0 Å². The van der Waals surface area contributed by atoms with Crippen LogP contribution < -0.4 is 10.0 Å². The van der Waals surface area contributed by atoms with E-state index in [-0.39, 0.29) is 10.2 Å². The van der Waals surface area contributed by atoms with Gasteiger partial charge in [-0.1, -0.05) is 0 Å². The van der Waals surface area contributed by atoms with Crippen LogP contribution in [0.15, 0.2) is 16.6 Å². The lowest BCUT2D eigenvalue weighted by Gasteiger charge is -2.27. The number of benzene rings is 1. The Kier molecular flexibility index (Phi) is 4.39. The second-order valence-electron chi connectivity index (χ2n) is 4.00. The van der Waals surface area contributed by atoms with Gasteiger partial charge in [-0.3, -0.25) is 4.72 Å². The second kappa shape index (κ2) is 5.70. The number of nitrogens with one attached hydrogen (secondary N) is 2. The van der Waals surface area contributed by atoms with Crippen LogP contribution in [0, 0.1) is 11.6 Å². The van der Waals surface area contributed by atoms with Gasteiger partial charge in [-0.05, 0) is 22.0 Å². The van der Waals surface area contributed by atoms with E-state index in [1.807, 2.05) is 0 Å². The van der Waals surface area contributed by atoms with Crippen LogP contribution in [-0.2, 0) is 10.2 Å². The fourth-order valence-corrected chi connectivity index (χ4v) is 3.61. The van der Waals surface area contributed by atoms with Crippen molar-refractivity contribution in [3.8, 4) is 0 Å². The lowest BCUT2D eigenvalue weighted by atomic mass is 10.3. The molecule has 106 valence electrons. The Morgan fingerprint density at radius 2 is 1.89 bits per heavy atom. The van der Waals surface area contributed by atoms with Crippen molar-refractivity contribution in [1.82, 2.24) is 9.62 Å². The van der Waals surface area contributed by atoms with Gasteiger partial charge in [0.1, 0.15) is 5.82 Å². The van der Waals surface area contributed by atoms with Crippen molar-refractivity contribution in [1.29, 1.82) is 0 Å². The summed E-state index contributed by atoms with van der Waals surface area (Å²) >= 11 is 2.94. The van der Waals surface area contributed by atoms with E-state index < -0.39 is 21.8 Å². The molecular weight excluding hydrogens is 344 g/mol. The molecular formula is C10H12BrF2N3O2S. The number of rotatable bonds is 3. The highest BCUT2D eigenvalue weighted by atomic mass is 79.9. The Morgan fingerprint density at radius 1 is 1.26 bits per heavy atom. The molecule has 1 saturated heterocycles. The van der Waals surface area contributed by atoms with E-state index in [0.717, 1.165) is 6.07 Å². The number of piperazine rings is 1. The number of nitrogens with zero attached hydrogens (tertiary/aromatic N) is 1. The van der Waals surface area contributed by atoms with Crippen LogP contribution in [0.1, 0.15) is 0 Å². The van der Waals surface area contributed by atoms with E-state index in [0.29, 0.717) is 32.2 Å². The predicted molar refractivity (Wildman–Crippen MR) is 71.0 cm³/mol. The number of anilines is 1. The van der Waals surface area contributed by atoms with Crippen molar-refractivity contribution >= 4 is 31.8 Å². The van der Waals surface area contributed by atoms with E-state index >= 15 is 0 Å². The van der Waals surface area contributed by atoms with Crippen molar-refractivity contribution in [2.24, 2.45) is 0 Å². The predicted octanol–water partition coefficient (Wildman–Crippen LogP) is 1.29. The fraction of sp³-hybridized carbons (Fsp3) is 0.400. The minimum atomic E-state index is -3.84. The molecule has 0 saturated carbocycles. The Hall–Kier alpha value is -0.770. The van der Waals surface area contributed by atoms with Gasteiger partial charge in [-0.15, -0.1) is 0 Å². The van der Waals surface area contributed by atoms with E-state index in [1.165, 1.54) is 4.31 Å². The summed E-state index contributed by atoms with van der Waals surface area (Å²) in [7, 11) is -3.84. The van der Waals surface area contributed by atoms with Gasteiger partial charge >= 0.3 is 10.2 Å². The Labute approximate surface area is 118 Å². The summed E-state index contributed by atoms with van der Waals surface area (Å²) in [5.41, 5.74) is -0.292. The first-order chi connectivity index (χ1) is 8.90. The summed E-state index contributed by atoms with van der Waals surface area (Å²) < 4.78 is 54.0. The molecule has 9 heteroatoms. The van der Waals surface area contributed by atoms with Crippen LogP contribution in [-0.4, -0.2) is 38.9 Å². The molecule has 0 radical (unpaired) electrons. The average Bonchev–Trinajstić information content (AvgIpc) is 2.35. The first-order valence-corrected chi connectivity index (χ1v) is 7.76. The standard InChI is InChI=1S/C10H12BrF2N3O2S/c11-8-5-7(12)6-9(13)10(8)15-19(17,18)16-3-1-14-2-4-16/h5-6,14-15H,1-4H2.